The van der Waals surface area contributed by atoms with Crippen LogP contribution in [0.3, 0.4) is 0 Å². The topological polar surface area (TPSA) is 154 Å². The quantitative estimate of drug-likeness (QED) is 0.378. The van der Waals surface area contributed by atoms with Crippen molar-refractivity contribution in [2.45, 2.75) is 75.6 Å². The molecule has 3 aromatic rings. The minimum Gasteiger partial charge on any atom is -0.453 e. The predicted molar refractivity (Wildman–Crippen MR) is 144 cm³/mol. The summed E-state index contributed by atoms with van der Waals surface area (Å²) in [6, 6.07) is 9.55. The number of carbonyl (C=O) groups is 2. The van der Waals surface area contributed by atoms with Gasteiger partial charge in [-0.3, -0.25) is 9.78 Å². The molecule has 0 radical (unpaired) electrons. The number of pyridine rings is 1. The number of ether oxygens (including phenoxy) is 1. The van der Waals surface area contributed by atoms with Crippen LogP contribution in [0.4, 0.5) is 10.5 Å². The van der Waals surface area contributed by atoms with Crippen LogP contribution in [0.5, 0.6) is 0 Å². The number of methoxy groups -OCH3 is 1. The average molecular weight is 532 g/mol. The number of nitrogens with zero attached hydrogens (tertiary/aromatic N) is 4. The molecule has 39 heavy (non-hydrogen) atoms. The normalized spacial score (nSPS) is 23.0. The summed E-state index contributed by atoms with van der Waals surface area (Å²) in [5, 5.41) is 33.3. The van der Waals surface area contributed by atoms with Gasteiger partial charge in [0.2, 0.25) is 0 Å². The number of aromatic nitrogens is 3. The van der Waals surface area contributed by atoms with Crippen LogP contribution in [0.15, 0.2) is 36.7 Å². The van der Waals surface area contributed by atoms with Gasteiger partial charge in [-0.2, -0.15) is 10.4 Å². The van der Waals surface area contributed by atoms with E-state index in [1.54, 1.807) is 16.8 Å². The third kappa shape index (κ3) is 6.12. The van der Waals surface area contributed by atoms with Gasteiger partial charge in [0.1, 0.15) is 6.07 Å². The van der Waals surface area contributed by atoms with Crippen LogP contribution in [0.1, 0.15) is 67.3 Å². The lowest BCUT2D eigenvalue weighted by atomic mass is 9.91. The number of carbonyl (C=O) groups excluding carboxylic acids is 2. The number of hydrogen-bond acceptors (Lipinski definition) is 8. The molecule has 0 aliphatic heterocycles. The fourth-order valence-corrected chi connectivity index (χ4v) is 5.54. The lowest BCUT2D eigenvalue weighted by Gasteiger charge is -2.30. The number of amides is 2. The van der Waals surface area contributed by atoms with E-state index < -0.39 is 6.09 Å². The second-order valence-electron chi connectivity index (χ2n) is 10.3. The molecule has 2 fully saturated rings. The highest BCUT2D eigenvalue weighted by Gasteiger charge is 2.27. The van der Waals surface area contributed by atoms with E-state index in [0.29, 0.717) is 28.9 Å². The second-order valence-corrected chi connectivity index (χ2v) is 10.3. The minimum atomic E-state index is -0.436. The van der Waals surface area contributed by atoms with Gasteiger partial charge < -0.3 is 25.8 Å². The Morgan fingerprint density at radius 3 is 2.54 bits per heavy atom. The van der Waals surface area contributed by atoms with Crippen molar-refractivity contribution in [1.82, 2.24) is 25.2 Å². The van der Waals surface area contributed by atoms with Crippen LogP contribution >= 0.6 is 0 Å². The zero-order valence-electron chi connectivity index (χ0n) is 21.9. The second kappa shape index (κ2) is 11.7. The Morgan fingerprint density at radius 1 is 1.05 bits per heavy atom. The predicted octanol–water partition coefficient (Wildman–Crippen LogP) is 3.38. The average Bonchev–Trinajstić information content (AvgIpc) is 3.37. The Balaban J connectivity index is 1.37. The molecule has 2 atom stereocenters. The van der Waals surface area contributed by atoms with E-state index in [1.807, 2.05) is 18.2 Å². The van der Waals surface area contributed by atoms with E-state index >= 15 is 0 Å². The van der Waals surface area contributed by atoms with E-state index in [9.17, 15) is 20.0 Å². The number of fused-ring (bicyclic) bond motifs is 1. The third-order valence-corrected chi connectivity index (χ3v) is 7.62. The molecule has 3 aromatic heterocycles. The number of anilines is 1. The first kappa shape index (κ1) is 26.4. The summed E-state index contributed by atoms with van der Waals surface area (Å²) in [5.41, 5.74) is 3.72. The third-order valence-electron chi connectivity index (χ3n) is 7.62. The van der Waals surface area contributed by atoms with Gasteiger partial charge in [-0.25, -0.2) is 9.31 Å². The molecular weight excluding hydrogens is 498 g/mol. The van der Waals surface area contributed by atoms with Crippen LogP contribution in [0.2, 0.25) is 0 Å². The van der Waals surface area contributed by atoms with Gasteiger partial charge >= 0.3 is 6.09 Å². The van der Waals surface area contributed by atoms with E-state index in [4.69, 9.17) is 0 Å². The first-order chi connectivity index (χ1) is 18.9. The standard InChI is InChI=1S/C28H33N7O4/c1-39-28(38)34-19-7-5-18(6-8-19)33-27(37)23-16-30-25(13-24(23)32-20-3-2-4-22(36)12-20)26-10-9-21-11-17(14-29)15-31-35(21)26/h9-11,13,15-16,18-20,22,36H,2-8,12H2,1H3,(H,30,32)(H,33,37)(H,34,38)/t18?,19?,20-,22?/m0/s1. The monoisotopic (exact) mass is 531 g/mol. The van der Waals surface area contributed by atoms with Crippen LogP contribution in [-0.4, -0.2) is 63.0 Å². The van der Waals surface area contributed by atoms with E-state index in [2.05, 4.69) is 36.8 Å². The number of aliphatic hydroxyl groups excluding tert-OH is 1. The summed E-state index contributed by atoms with van der Waals surface area (Å²) in [4.78, 5) is 29.6. The molecule has 0 aromatic carbocycles. The highest BCUT2D eigenvalue weighted by atomic mass is 16.5. The van der Waals surface area contributed by atoms with E-state index in [-0.39, 0.29) is 30.1 Å². The van der Waals surface area contributed by atoms with Crippen molar-refractivity contribution in [3.8, 4) is 17.5 Å². The summed E-state index contributed by atoms with van der Waals surface area (Å²) >= 11 is 0. The molecule has 11 heteroatoms. The fourth-order valence-electron chi connectivity index (χ4n) is 5.54. The lowest BCUT2D eigenvalue weighted by molar-refractivity contribution is 0.0923. The molecule has 2 aliphatic carbocycles. The SMILES string of the molecule is COC(=O)NC1CCC(NC(=O)c2cnc(-c3ccc4cc(C#N)cnn34)cc2N[C@H]2CCCC(O)C2)CC1. The largest absolute Gasteiger partial charge is 0.453 e. The van der Waals surface area contributed by atoms with Crippen molar-refractivity contribution in [3.05, 3.63) is 47.8 Å². The summed E-state index contributed by atoms with van der Waals surface area (Å²) in [7, 11) is 1.35. The Hall–Kier alpha value is -4.17. The molecule has 2 amide bonds. The number of nitriles is 1. The van der Waals surface area contributed by atoms with Crippen LogP contribution < -0.4 is 16.0 Å². The molecule has 1 unspecified atom stereocenters. The Kier molecular flexibility index (Phi) is 7.93. The molecule has 0 bridgehead atoms. The summed E-state index contributed by atoms with van der Waals surface area (Å²) < 4.78 is 6.41. The van der Waals surface area contributed by atoms with Crippen molar-refractivity contribution in [1.29, 1.82) is 5.26 Å². The van der Waals surface area contributed by atoms with Crippen molar-refractivity contribution in [2.75, 3.05) is 12.4 Å². The van der Waals surface area contributed by atoms with Gasteiger partial charge in [-0.1, -0.05) is 0 Å². The lowest BCUT2D eigenvalue weighted by Crippen LogP contribution is -2.44. The first-order valence-corrected chi connectivity index (χ1v) is 13.4. The summed E-state index contributed by atoms with van der Waals surface area (Å²) in [5.74, 6) is -0.214. The van der Waals surface area contributed by atoms with Crippen molar-refractivity contribution in [3.63, 3.8) is 0 Å². The molecule has 0 saturated heterocycles. The van der Waals surface area contributed by atoms with Crippen molar-refractivity contribution >= 4 is 23.2 Å². The summed E-state index contributed by atoms with van der Waals surface area (Å²) in [6.45, 7) is 0. The van der Waals surface area contributed by atoms with Crippen molar-refractivity contribution in [2.24, 2.45) is 0 Å². The Labute approximate surface area is 226 Å². The van der Waals surface area contributed by atoms with Crippen LogP contribution in [0.25, 0.3) is 16.9 Å². The molecule has 2 aliphatic rings. The van der Waals surface area contributed by atoms with Crippen molar-refractivity contribution < 1.29 is 19.4 Å². The van der Waals surface area contributed by atoms with E-state index in [1.165, 1.54) is 13.3 Å². The highest BCUT2D eigenvalue weighted by molar-refractivity contribution is 6.00. The van der Waals surface area contributed by atoms with Gasteiger partial charge in [0.15, 0.2) is 0 Å². The van der Waals surface area contributed by atoms with Crippen LogP contribution in [-0.2, 0) is 4.74 Å². The number of nitrogens with one attached hydrogen (secondary N) is 3. The van der Waals surface area contributed by atoms with Gasteiger partial charge in [0.05, 0.1) is 53.1 Å². The maximum atomic E-state index is 13.4. The van der Waals surface area contributed by atoms with Gasteiger partial charge in [0, 0.05) is 24.3 Å². The maximum Gasteiger partial charge on any atom is 0.407 e. The molecule has 3 heterocycles. The molecule has 204 valence electrons. The van der Waals surface area contributed by atoms with Crippen LogP contribution in [0, 0.1) is 11.3 Å². The van der Waals surface area contributed by atoms with E-state index in [0.717, 1.165) is 56.2 Å². The smallest absolute Gasteiger partial charge is 0.407 e. The summed E-state index contributed by atoms with van der Waals surface area (Å²) in [6.07, 6.45) is 8.51. The number of alkyl carbamates (subject to hydrolysis) is 1. The zero-order chi connectivity index (χ0) is 27.4. The maximum absolute atomic E-state index is 13.4. The highest BCUT2D eigenvalue weighted by Crippen LogP contribution is 2.29. The number of aliphatic hydroxyl groups is 1. The van der Waals surface area contributed by atoms with Gasteiger partial charge in [-0.05, 0) is 75.6 Å². The fraction of sp³-hybridized carbons (Fsp3) is 0.464. The number of rotatable bonds is 6. The first-order valence-electron chi connectivity index (χ1n) is 13.4. The molecular formula is C28H33N7O4. The molecule has 4 N–H and O–H groups in total. The minimum absolute atomic E-state index is 0.00895. The zero-order valence-corrected chi connectivity index (χ0v) is 21.9. The molecule has 11 nitrogen and oxygen atoms in total. The number of hydrogen-bond donors (Lipinski definition) is 4. The van der Waals surface area contributed by atoms with Gasteiger partial charge in [0.25, 0.3) is 5.91 Å². The Bertz CT molecular complexity index is 1390. The molecule has 2 saturated carbocycles. The van der Waals surface area contributed by atoms with Gasteiger partial charge in [-0.15, -0.1) is 0 Å². The Morgan fingerprint density at radius 2 is 1.82 bits per heavy atom. The molecule has 5 rings (SSSR count). The molecule has 0 spiro atoms.